The van der Waals surface area contributed by atoms with Crippen molar-refractivity contribution in [2.24, 2.45) is 5.10 Å². The Kier molecular flexibility index (Phi) is 6.02. The molecule has 0 unspecified atom stereocenters. The number of benzene rings is 3. The smallest absolute Gasteiger partial charge is 0.213 e. The molecule has 6 heteroatoms. The Morgan fingerprint density at radius 1 is 1.03 bits per heavy atom. The topological polar surface area (TPSA) is 43.3 Å². The van der Waals surface area contributed by atoms with E-state index < -0.39 is 0 Å². The average Bonchev–Trinajstić information content (AvgIpc) is 3.25. The number of ether oxygens (including phenoxy) is 3. The van der Waals surface area contributed by atoms with Crippen LogP contribution in [0.3, 0.4) is 0 Å². The first-order chi connectivity index (χ1) is 16.0. The fraction of sp³-hybridized carbons (Fsp3) is 0.296. The summed E-state index contributed by atoms with van der Waals surface area (Å²) in [6, 6.07) is 22.6. The fourth-order valence-corrected chi connectivity index (χ4v) is 4.72. The Labute approximate surface area is 203 Å². The number of hydrazone groups is 1. The van der Waals surface area contributed by atoms with E-state index in [1.54, 1.807) is 0 Å². The van der Waals surface area contributed by atoms with Crippen LogP contribution in [-0.4, -0.2) is 23.4 Å². The van der Waals surface area contributed by atoms with Crippen molar-refractivity contribution in [2.75, 3.05) is 6.61 Å². The highest BCUT2D eigenvalue weighted by molar-refractivity contribution is 9.10. The molecule has 5 rings (SSSR count). The molecule has 2 aliphatic heterocycles. The van der Waals surface area contributed by atoms with Gasteiger partial charge in [-0.25, -0.2) is 5.01 Å². The van der Waals surface area contributed by atoms with Gasteiger partial charge >= 0.3 is 0 Å². The van der Waals surface area contributed by atoms with E-state index in [2.05, 4.69) is 51.3 Å². The average molecular weight is 507 g/mol. The zero-order valence-corrected chi connectivity index (χ0v) is 20.6. The molecule has 0 saturated heterocycles. The summed E-state index contributed by atoms with van der Waals surface area (Å²) in [7, 11) is 0. The van der Waals surface area contributed by atoms with Crippen molar-refractivity contribution in [3.8, 4) is 17.2 Å². The molecule has 2 aliphatic rings. The van der Waals surface area contributed by atoms with Crippen LogP contribution in [0.25, 0.3) is 0 Å². The minimum atomic E-state index is -0.305. The third-order valence-corrected chi connectivity index (χ3v) is 6.28. The van der Waals surface area contributed by atoms with Crippen LogP contribution in [0.5, 0.6) is 17.2 Å². The first-order valence-corrected chi connectivity index (χ1v) is 12.1. The third-order valence-electron chi connectivity index (χ3n) is 5.79. The lowest BCUT2D eigenvalue weighted by Crippen LogP contribution is -2.33. The Morgan fingerprint density at radius 3 is 2.45 bits per heavy atom. The number of nitrogens with zero attached hydrogens (tertiary/aromatic N) is 2. The summed E-state index contributed by atoms with van der Waals surface area (Å²) in [5.41, 5.74) is 4.33. The summed E-state index contributed by atoms with van der Waals surface area (Å²) in [6.45, 7) is 6.69. The summed E-state index contributed by atoms with van der Waals surface area (Å²) in [5, 5.41) is 7.15. The number of hydrogen-bond acceptors (Lipinski definition) is 5. The zero-order valence-electron chi connectivity index (χ0n) is 19.0. The van der Waals surface area contributed by atoms with Crippen LogP contribution >= 0.6 is 15.9 Å². The summed E-state index contributed by atoms with van der Waals surface area (Å²) in [6.07, 6.45) is 0.654. The van der Waals surface area contributed by atoms with Crippen molar-refractivity contribution >= 4 is 21.6 Å². The predicted molar refractivity (Wildman–Crippen MR) is 133 cm³/mol. The highest BCUT2D eigenvalue weighted by Gasteiger charge is 2.41. The van der Waals surface area contributed by atoms with Crippen LogP contribution in [0, 0.1) is 0 Å². The van der Waals surface area contributed by atoms with Gasteiger partial charge in [0.2, 0.25) is 6.23 Å². The van der Waals surface area contributed by atoms with Gasteiger partial charge in [0.25, 0.3) is 0 Å². The molecule has 2 heterocycles. The molecular formula is C27H27BrN2O3. The molecule has 0 N–H and O–H groups in total. The normalized spacial score (nSPS) is 18.9. The molecule has 0 radical (unpaired) electrons. The Bertz CT molecular complexity index is 1160. The molecule has 0 aromatic heterocycles. The van der Waals surface area contributed by atoms with Crippen molar-refractivity contribution in [2.45, 2.75) is 45.6 Å². The molecule has 0 bridgehead atoms. The Morgan fingerprint density at radius 2 is 1.76 bits per heavy atom. The minimum Gasteiger partial charge on any atom is -0.494 e. The summed E-state index contributed by atoms with van der Waals surface area (Å²) >= 11 is 3.62. The molecule has 3 aromatic rings. The van der Waals surface area contributed by atoms with Crippen LogP contribution in [0.2, 0.25) is 0 Å². The second-order valence-electron chi connectivity index (χ2n) is 8.49. The van der Waals surface area contributed by atoms with Gasteiger partial charge in [-0.15, -0.1) is 0 Å². The second kappa shape index (κ2) is 9.10. The largest absolute Gasteiger partial charge is 0.494 e. The summed E-state index contributed by atoms with van der Waals surface area (Å²) in [5.74, 6) is 2.62. The molecule has 0 aliphatic carbocycles. The van der Waals surface area contributed by atoms with Crippen LogP contribution in [0.4, 0.5) is 0 Å². The summed E-state index contributed by atoms with van der Waals surface area (Å²) in [4.78, 5) is 0. The molecule has 0 spiro atoms. The van der Waals surface area contributed by atoms with E-state index in [9.17, 15) is 0 Å². The summed E-state index contributed by atoms with van der Waals surface area (Å²) < 4.78 is 18.9. The molecule has 0 fully saturated rings. The first kappa shape index (κ1) is 21.8. The molecule has 33 heavy (non-hydrogen) atoms. The van der Waals surface area contributed by atoms with E-state index in [4.69, 9.17) is 19.3 Å². The van der Waals surface area contributed by atoms with Crippen LogP contribution in [-0.2, 0) is 0 Å². The monoisotopic (exact) mass is 506 g/mol. The van der Waals surface area contributed by atoms with Crippen molar-refractivity contribution in [1.29, 1.82) is 0 Å². The van der Waals surface area contributed by atoms with E-state index in [1.807, 2.05) is 57.2 Å². The number of rotatable bonds is 6. The lowest BCUT2D eigenvalue weighted by Gasteiger charge is -2.38. The standard InChI is InChI=1S/C27H27BrN2O3/c1-4-31-21-10-7-19(8-11-21)27-30-25(23-15-20(28)9-14-26(23)33-27)16-24(29-30)18-5-12-22(13-6-18)32-17(2)3/h5-15,17,25,27H,4,16H2,1-3H3/t25-,27-/m1/s1. The van der Waals surface area contributed by atoms with Gasteiger partial charge in [0.1, 0.15) is 17.2 Å². The Hall–Kier alpha value is -2.99. The maximum Gasteiger partial charge on any atom is 0.213 e. The van der Waals surface area contributed by atoms with Crippen LogP contribution in [0.1, 0.15) is 56.2 Å². The van der Waals surface area contributed by atoms with Gasteiger partial charge in [0, 0.05) is 22.0 Å². The van der Waals surface area contributed by atoms with E-state index in [0.717, 1.165) is 50.5 Å². The molecular weight excluding hydrogens is 480 g/mol. The highest BCUT2D eigenvalue weighted by atomic mass is 79.9. The molecule has 5 nitrogen and oxygen atoms in total. The van der Waals surface area contributed by atoms with Crippen LogP contribution < -0.4 is 14.2 Å². The third kappa shape index (κ3) is 4.44. The van der Waals surface area contributed by atoms with Crippen LogP contribution in [0.15, 0.2) is 76.3 Å². The van der Waals surface area contributed by atoms with E-state index in [-0.39, 0.29) is 18.4 Å². The van der Waals surface area contributed by atoms with Crippen molar-refractivity contribution < 1.29 is 14.2 Å². The SMILES string of the molecule is CCOc1ccc([C@H]2Oc3ccc(Br)cc3[C@H]3CC(c4ccc(OC(C)C)cc4)=NN32)cc1. The molecule has 0 amide bonds. The van der Waals surface area contributed by atoms with Crippen molar-refractivity contribution in [3.05, 3.63) is 87.9 Å². The van der Waals surface area contributed by atoms with Gasteiger partial charge in [-0.05, 0) is 93.1 Å². The number of halogens is 1. The van der Waals surface area contributed by atoms with E-state index in [0.29, 0.717) is 6.61 Å². The van der Waals surface area contributed by atoms with Crippen molar-refractivity contribution in [1.82, 2.24) is 5.01 Å². The molecule has 3 aromatic carbocycles. The lowest BCUT2D eigenvalue weighted by atomic mass is 9.96. The fourth-order valence-electron chi connectivity index (χ4n) is 4.35. The minimum absolute atomic E-state index is 0.101. The van der Waals surface area contributed by atoms with Gasteiger partial charge < -0.3 is 14.2 Å². The first-order valence-electron chi connectivity index (χ1n) is 11.3. The zero-order chi connectivity index (χ0) is 22.9. The number of hydrogen-bond donors (Lipinski definition) is 0. The quantitative estimate of drug-likeness (QED) is 0.365. The maximum atomic E-state index is 6.47. The highest BCUT2D eigenvalue weighted by Crippen LogP contribution is 2.48. The Balaban J connectivity index is 1.49. The van der Waals surface area contributed by atoms with E-state index in [1.165, 1.54) is 0 Å². The lowest BCUT2D eigenvalue weighted by molar-refractivity contribution is -0.0191. The van der Waals surface area contributed by atoms with Gasteiger partial charge in [-0.2, -0.15) is 5.10 Å². The second-order valence-corrected chi connectivity index (χ2v) is 9.41. The molecule has 170 valence electrons. The van der Waals surface area contributed by atoms with Gasteiger partial charge in [-0.3, -0.25) is 0 Å². The van der Waals surface area contributed by atoms with Gasteiger partial charge in [0.15, 0.2) is 0 Å². The molecule has 2 atom stereocenters. The maximum absolute atomic E-state index is 6.47. The van der Waals surface area contributed by atoms with E-state index >= 15 is 0 Å². The van der Waals surface area contributed by atoms with Crippen molar-refractivity contribution in [3.63, 3.8) is 0 Å². The van der Waals surface area contributed by atoms with Gasteiger partial charge in [0.05, 0.1) is 24.5 Å². The molecule has 0 saturated carbocycles. The predicted octanol–water partition coefficient (Wildman–Crippen LogP) is 6.88. The number of fused-ring (bicyclic) bond motifs is 3. The van der Waals surface area contributed by atoms with Gasteiger partial charge in [-0.1, -0.05) is 15.9 Å².